The standard InChI is InChI=1S/C55H39N/c1-55(2)52-14-8-7-13-50(52)51-35-47(30-32-53(51)55)56(45-26-21-37(22-27-45)42-19-15-36-9-3-4-11-41(36)33-42)46-28-23-38(24-29-46)43-25-31-49-44(34-43)20-18-40-17-16-39-10-5-6-12-48(39)54(40)49/h3-35H,1-2H3. The maximum atomic E-state index is 2.40. The van der Waals surface area contributed by atoms with Gasteiger partial charge in [-0.25, -0.2) is 0 Å². The van der Waals surface area contributed by atoms with Crippen molar-refractivity contribution in [2.24, 2.45) is 0 Å². The molecule has 10 aromatic rings. The summed E-state index contributed by atoms with van der Waals surface area (Å²) in [6, 6.07) is 74.0. The zero-order valence-corrected chi connectivity index (χ0v) is 31.5. The zero-order chi connectivity index (χ0) is 37.4. The largest absolute Gasteiger partial charge is 0.310 e. The second kappa shape index (κ2) is 12.5. The van der Waals surface area contributed by atoms with Crippen LogP contribution in [-0.2, 0) is 5.41 Å². The van der Waals surface area contributed by atoms with Crippen LogP contribution in [0, 0.1) is 0 Å². The van der Waals surface area contributed by atoms with E-state index in [2.05, 4.69) is 219 Å². The summed E-state index contributed by atoms with van der Waals surface area (Å²) >= 11 is 0. The molecule has 0 atom stereocenters. The van der Waals surface area contributed by atoms with Gasteiger partial charge < -0.3 is 4.90 Å². The summed E-state index contributed by atoms with van der Waals surface area (Å²) in [5, 5.41) is 10.2. The first-order chi connectivity index (χ1) is 27.5. The molecule has 0 bridgehead atoms. The topological polar surface area (TPSA) is 3.24 Å². The molecular weight excluding hydrogens is 675 g/mol. The fourth-order valence-corrected chi connectivity index (χ4v) is 9.28. The number of nitrogens with zero attached hydrogens (tertiary/aromatic N) is 1. The Kier molecular flexibility index (Phi) is 7.28. The Hall–Kier alpha value is -6.96. The maximum Gasteiger partial charge on any atom is 0.0468 e. The van der Waals surface area contributed by atoms with E-state index < -0.39 is 0 Å². The molecule has 11 rings (SSSR count). The van der Waals surface area contributed by atoms with Gasteiger partial charge in [0.2, 0.25) is 0 Å². The maximum absolute atomic E-state index is 2.40. The molecule has 1 nitrogen and oxygen atoms in total. The predicted octanol–water partition coefficient (Wildman–Crippen LogP) is 15.4. The number of hydrogen-bond acceptors (Lipinski definition) is 1. The third-order valence-corrected chi connectivity index (χ3v) is 12.2. The molecule has 10 aromatic carbocycles. The van der Waals surface area contributed by atoms with Crippen LogP contribution in [0.5, 0.6) is 0 Å². The minimum Gasteiger partial charge on any atom is -0.310 e. The first-order valence-corrected chi connectivity index (χ1v) is 19.6. The van der Waals surface area contributed by atoms with E-state index in [-0.39, 0.29) is 5.41 Å². The van der Waals surface area contributed by atoms with Crippen LogP contribution in [0.2, 0.25) is 0 Å². The molecule has 0 radical (unpaired) electrons. The SMILES string of the molecule is CC1(C)c2ccccc2-c2cc(N(c3ccc(-c4ccc5ccccc5c4)cc3)c3ccc(-c4ccc5c(ccc6ccc7ccccc7c65)c4)cc3)ccc21. The van der Waals surface area contributed by atoms with Crippen LogP contribution in [0.4, 0.5) is 17.1 Å². The van der Waals surface area contributed by atoms with Gasteiger partial charge in [0.15, 0.2) is 0 Å². The number of fused-ring (bicyclic) bond motifs is 9. The lowest BCUT2D eigenvalue weighted by Gasteiger charge is -2.27. The fourth-order valence-electron chi connectivity index (χ4n) is 9.28. The van der Waals surface area contributed by atoms with Gasteiger partial charge in [0.05, 0.1) is 0 Å². The molecule has 1 aliphatic carbocycles. The quantitative estimate of drug-likeness (QED) is 0.161. The van der Waals surface area contributed by atoms with Crippen molar-refractivity contribution in [2.75, 3.05) is 4.90 Å². The number of anilines is 3. The van der Waals surface area contributed by atoms with E-state index >= 15 is 0 Å². The molecule has 0 saturated carbocycles. The highest BCUT2D eigenvalue weighted by atomic mass is 15.1. The molecule has 0 aromatic heterocycles. The minimum atomic E-state index is -0.0440. The van der Waals surface area contributed by atoms with Crippen molar-refractivity contribution in [3.8, 4) is 33.4 Å². The van der Waals surface area contributed by atoms with E-state index in [4.69, 9.17) is 0 Å². The molecule has 264 valence electrons. The highest BCUT2D eigenvalue weighted by Crippen LogP contribution is 2.50. The summed E-state index contributed by atoms with van der Waals surface area (Å²) in [5.41, 5.74) is 13.6. The van der Waals surface area contributed by atoms with Crippen molar-refractivity contribution in [2.45, 2.75) is 19.3 Å². The number of rotatable bonds is 5. The number of benzene rings is 10. The van der Waals surface area contributed by atoms with Crippen LogP contribution >= 0.6 is 0 Å². The summed E-state index contributed by atoms with van der Waals surface area (Å²) < 4.78 is 0. The molecule has 0 aliphatic heterocycles. The van der Waals surface area contributed by atoms with Gasteiger partial charge in [0.25, 0.3) is 0 Å². The molecule has 0 saturated heterocycles. The zero-order valence-electron chi connectivity index (χ0n) is 31.5. The summed E-state index contributed by atoms with van der Waals surface area (Å²) in [4.78, 5) is 2.40. The third kappa shape index (κ3) is 5.16. The van der Waals surface area contributed by atoms with Crippen LogP contribution in [0.1, 0.15) is 25.0 Å². The Bertz CT molecular complexity index is 3150. The Morgan fingerprint density at radius 3 is 1.57 bits per heavy atom. The van der Waals surface area contributed by atoms with Crippen LogP contribution < -0.4 is 4.90 Å². The first-order valence-electron chi connectivity index (χ1n) is 19.6. The Morgan fingerprint density at radius 1 is 0.321 bits per heavy atom. The summed E-state index contributed by atoms with van der Waals surface area (Å²) in [7, 11) is 0. The smallest absolute Gasteiger partial charge is 0.0468 e. The second-order valence-electron chi connectivity index (χ2n) is 15.8. The van der Waals surface area contributed by atoms with Gasteiger partial charge in [0.1, 0.15) is 0 Å². The van der Waals surface area contributed by atoms with Crippen molar-refractivity contribution in [3.63, 3.8) is 0 Å². The summed E-state index contributed by atoms with van der Waals surface area (Å²) in [6.45, 7) is 4.69. The van der Waals surface area contributed by atoms with E-state index in [1.54, 1.807) is 0 Å². The van der Waals surface area contributed by atoms with Gasteiger partial charge in [-0.2, -0.15) is 0 Å². The van der Waals surface area contributed by atoms with Gasteiger partial charge >= 0.3 is 0 Å². The van der Waals surface area contributed by atoms with Gasteiger partial charge in [-0.15, -0.1) is 0 Å². The van der Waals surface area contributed by atoms with Gasteiger partial charge in [-0.3, -0.25) is 0 Å². The molecule has 0 fully saturated rings. The Morgan fingerprint density at radius 2 is 0.821 bits per heavy atom. The van der Waals surface area contributed by atoms with Crippen LogP contribution in [-0.4, -0.2) is 0 Å². The Labute approximate surface area is 327 Å². The molecule has 0 unspecified atom stereocenters. The van der Waals surface area contributed by atoms with Gasteiger partial charge in [-0.1, -0.05) is 166 Å². The molecule has 0 amide bonds. The van der Waals surface area contributed by atoms with Crippen molar-refractivity contribution < 1.29 is 0 Å². The molecule has 0 N–H and O–H groups in total. The van der Waals surface area contributed by atoms with E-state index in [0.29, 0.717) is 0 Å². The highest BCUT2D eigenvalue weighted by Gasteiger charge is 2.35. The fraction of sp³-hybridized carbons (Fsp3) is 0.0545. The van der Waals surface area contributed by atoms with Crippen LogP contribution in [0.15, 0.2) is 200 Å². The second-order valence-corrected chi connectivity index (χ2v) is 15.8. The summed E-state index contributed by atoms with van der Waals surface area (Å²) in [5.74, 6) is 0. The number of hydrogen-bond donors (Lipinski definition) is 0. The predicted molar refractivity (Wildman–Crippen MR) is 240 cm³/mol. The average molecular weight is 714 g/mol. The van der Waals surface area contributed by atoms with E-state index in [1.807, 2.05) is 0 Å². The molecule has 1 heteroatoms. The summed E-state index contributed by atoms with van der Waals surface area (Å²) in [6.07, 6.45) is 0. The van der Waals surface area contributed by atoms with Crippen molar-refractivity contribution in [3.05, 3.63) is 211 Å². The van der Waals surface area contributed by atoms with Gasteiger partial charge in [-0.05, 0) is 136 Å². The van der Waals surface area contributed by atoms with Crippen LogP contribution in [0.3, 0.4) is 0 Å². The molecular formula is C55H39N. The van der Waals surface area contributed by atoms with Crippen LogP contribution in [0.25, 0.3) is 76.5 Å². The molecule has 0 heterocycles. The van der Waals surface area contributed by atoms with Crippen molar-refractivity contribution >= 4 is 60.2 Å². The Balaban J connectivity index is 1.00. The molecule has 1 aliphatic rings. The molecule has 0 spiro atoms. The monoisotopic (exact) mass is 713 g/mol. The normalized spacial score (nSPS) is 13.0. The lowest BCUT2D eigenvalue weighted by molar-refractivity contribution is 0.660. The van der Waals surface area contributed by atoms with Crippen molar-refractivity contribution in [1.82, 2.24) is 0 Å². The molecule has 56 heavy (non-hydrogen) atoms. The van der Waals surface area contributed by atoms with E-state index in [9.17, 15) is 0 Å². The van der Waals surface area contributed by atoms with Gasteiger partial charge in [0, 0.05) is 22.5 Å². The first kappa shape index (κ1) is 32.5. The lowest BCUT2D eigenvalue weighted by atomic mass is 9.82. The van der Waals surface area contributed by atoms with Crippen molar-refractivity contribution in [1.29, 1.82) is 0 Å². The highest BCUT2D eigenvalue weighted by molar-refractivity contribution is 6.20. The third-order valence-electron chi connectivity index (χ3n) is 12.2. The minimum absolute atomic E-state index is 0.0440. The average Bonchev–Trinajstić information content (AvgIpc) is 3.49. The van der Waals surface area contributed by atoms with E-state index in [1.165, 1.54) is 87.6 Å². The lowest BCUT2D eigenvalue weighted by Crippen LogP contribution is -2.15. The van der Waals surface area contributed by atoms with E-state index in [0.717, 1.165) is 17.1 Å².